The molecule has 0 spiro atoms. The minimum Gasteiger partial charge on any atom is -0.491 e. The Morgan fingerprint density at radius 3 is 2.20 bits per heavy atom. The molecule has 3 nitrogen and oxygen atoms in total. The number of ether oxygens (including phenoxy) is 1. The Morgan fingerprint density at radius 2 is 1.65 bits per heavy atom. The Hall–Kier alpha value is -1.94. The van der Waals surface area contributed by atoms with Gasteiger partial charge in [-0.05, 0) is 62.4 Å². The van der Waals surface area contributed by atoms with Crippen molar-refractivity contribution in [3.63, 3.8) is 0 Å². The highest BCUT2D eigenvalue weighted by molar-refractivity contribution is 7.80. The van der Waals surface area contributed by atoms with Gasteiger partial charge in [-0.25, -0.2) is 0 Å². The van der Waals surface area contributed by atoms with Gasteiger partial charge < -0.3 is 10.1 Å². The zero-order chi connectivity index (χ0) is 14.5. The van der Waals surface area contributed by atoms with Crippen LogP contribution in [0.5, 0.6) is 5.75 Å². The first-order valence-corrected chi connectivity index (χ1v) is 6.86. The van der Waals surface area contributed by atoms with Gasteiger partial charge in [0.15, 0.2) is 0 Å². The molecule has 1 amide bonds. The first-order chi connectivity index (χ1) is 9.54. The van der Waals surface area contributed by atoms with Gasteiger partial charge in [-0.15, -0.1) is 12.6 Å². The lowest BCUT2D eigenvalue weighted by Crippen LogP contribution is -2.11. The number of hydrogen-bond acceptors (Lipinski definition) is 3. The molecule has 0 fully saturated rings. The van der Waals surface area contributed by atoms with Crippen molar-refractivity contribution >= 4 is 24.2 Å². The molecule has 1 N–H and O–H groups in total. The zero-order valence-corrected chi connectivity index (χ0v) is 12.4. The van der Waals surface area contributed by atoms with E-state index in [1.54, 1.807) is 24.3 Å². The fourth-order valence-electron chi connectivity index (χ4n) is 1.71. The number of thiol groups is 1. The Labute approximate surface area is 124 Å². The molecule has 2 aromatic carbocycles. The molecule has 2 aromatic rings. The van der Waals surface area contributed by atoms with Crippen LogP contribution < -0.4 is 10.1 Å². The summed E-state index contributed by atoms with van der Waals surface area (Å²) in [7, 11) is 0. The smallest absolute Gasteiger partial charge is 0.255 e. The second kappa shape index (κ2) is 6.48. The monoisotopic (exact) mass is 287 g/mol. The molecule has 0 aliphatic rings. The molecular weight excluding hydrogens is 270 g/mol. The van der Waals surface area contributed by atoms with Crippen molar-refractivity contribution in [3.05, 3.63) is 54.1 Å². The highest BCUT2D eigenvalue weighted by atomic mass is 32.1. The summed E-state index contributed by atoms with van der Waals surface area (Å²) in [6, 6.07) is 14.4. The molecule has 0 aliphatic carbocycles. The van der Waals surface area contributed by atoms with Crippen LogP contribution in [0.15, 0.2) is 53.4 Å². The van der Waals surface area contributed by atoms with Gasteiger partial charge >= 0.3 is 0 Å². The molecule has 0 heterocycles. The van der Waals surface area contributed by atoms with Gasteiger partial charge in [0, 0.05) is 16.1 Å². The number of nitrogens with one attached hydrogen (secondary N) is 1. The molecule has 0 aliphatic heterocycles. The predicted octanol–water partition coefficient (Wildman–Crippen LogP) is 4.01. The van der Waals surface area contributed by atoms with Crippen molar-refractivity contribution in [3.8, 4) is 5.75 Å². The Kier molecular flexibility index (Phi) is 4.69. The van der Waals surface area contributed by atoms with E-state index in [0.717, 1.165) is 16.3 Å². The first kappa shape index (κ1) is 14.5. The van der Waals surface area contributed by atoms with Crippen LogP contribution >= 0.6 is 12.6 Å². The van der Waals surface area contributed by atoms with Crippen LogP contribution in [0.3, 0.4) is 0 Å². The van der Waals surface area contributed by atoms with Gasteiger partial charge in [0.05, 0.1) is 6.10 Å². The minimum absolute atomic E-state index is 0.134. The van der Waals surface area contributed by atoms with E-state index in [1.807, 2.05) is 38.1 Å². The molecule has 2 rings (SSSR count). The van der Waals surface area contributed by atoms with Crippen LogP contribution in [0.25, 0.3) is 0 Å². The summed E-state index contributed by atoms with van der Waals surface area (Å²) in [5, 5.41) is 2.84. The van der Waals surface area contributed by atoms with Crippen LogP contribution in [0.1, 0.15) is 24.2 Å². The maximum atomic E-state index is 12.0. The number of hydrogen-bond donors (Lipinski definition) is 2. The molecule has 4 heteroatoms. The zero-order valence-electron chi connectivity index (χ0n) is 11.5. The third-order valence-corrected chi connectivity index (χ3v) is 2.91. The van der Waals surface area contributed by atoms with Gasteiger partial charge in [-0.3, -0.25) is 4.79 Å². The summed E-state index contributed by atoms with van der Waals surface area (Å²) in [6.07, 6.45) is 0.134. The third kappa shape index (κ3) is 4.03. The van der Waals surface area contributed by atoms with E-state index in [0.29, 0.717) is 5.56 Å². The maximum Gasteiger partial charge on any atom is 0.255 e. The highest BCUT2D eigenvalue weighted by Gasteiger charge is 2.06. The Morgan fingerprint density at radius 1 is 1.05 bits per heavy atom. The van der Waals surface area contributed by atoms with E-state index >= 15 is 0 Å². The molecule has 20 heavy (non-hydrogen) atoms. The van der Waals surface area contributed by atoms with E-state index in [1.165, 1.54) is 0 Å². The summed E-state index contributed by atoms with van der Waals surface area (Å²) in [6.45, 7) is 3.95. The lowest BCUT2D eigenvalue weighted by molar-refractivity contribution is 0.102. The molecule has 0 aromatic heterocycles. The molecule has 0 radical (unpaired) electrons. The Bertz CT molecular complexity index is 576. The molecule has 0 atom stereocenters. The lowest BCUT2D eigenvalue weighted by atomic mass is 10.2. The van der Waals surface area contributed by atoms with Crippen molar-refractivity contribution in [1.29, 1.82) is 0 Å². The molecule has 0 bridgehead atoms. The molecule has 0 unspecified atom stereocenters. The van der Waals surface area contributed by atoms with Crippen LogP contribution in [-0.4, -0.2) is 12.0 Å². The second-order valence-electron chi connectivity index (χ2n) is 4.69. The molecule has 0 saturated carbocycles. The van der Waals surface area contributed by atoms with Crippen molar-refractivity contribution in [2.45, 2.75) is 24.8 Å². The fourth-order valence-corrected chi connectivity index (χ4v) is 1.85. The van der Waals surface area contributed by atoms with Crippen molar-refractivity contribution in [1.82, 2.24) is 0 Å². The van der Waals surface area contributed by atoms with Crippen molar-refractivity contribution in [2.24, 2.45) is 0 Å². The van der Waals surface area contributed by atoms with Crippen LogP contribution in [0.2, 0.25) is 0 Å². The standard InChI is InChI=1S/C16H17NO2S/c1-11(2)19-14-7-5-13(6-8-14)17-16(18)12-3-9-15(20)10-4-12/h3-11,20H,1-2H3,(H,17,18). The first-order valence-electron chi connectivity index (χ1n) is 6.41. The molecule has 0 saturated heterocycles. The average molecular weight is 287 g/mol. The number of anilines is 1. The van der Waals surface area contributed by atoms with E-state index in [2.05, 4.69) is 17.9 Å². The summed E-state index contributed by atoms with van der Waals surface area (Å²) in [4.78, 5) is 12.9. The van der Waals surface area contributed by atoms with Crippen molar-refractivity contribution < 1.29 is 9.53 Å². The van der Waals surface area contributed by atoms with Gasteiger partial charge in [-0.2, -0.15) is 0 Å². The van der Waals surface area contributed by atoms with Crippen LogP contribution in [-0.2, 0) is 0 Å². The number of amides is 1. The lowest BCUT2D eigenvalue weighted by Gasteiger charge is -2.10. The average Bonchev–Trinajstić information content (AvgIpc) is 2.41. The van der Waals surface area contributed by atoms with E-state index in [-0.39, 0.29) is 12.0 Å². The number of carbonyl (C=O) groups is 1. The van der Waals surface area contributed by atoms with Gasteiger partial charge in [0.2, 0.25) is 0 Å². The van der Waals surface area contributed by atoms with E-state index in [9.17, 15) is 4.79 Å². The van der Waals surface area contributed by atoms with Crippen LogP contribution in [0, 0.1) is 0 Å². The van der Waals surface area contributed by atoms with Crippen LogP contribution in [0.4, 0.5) is 5.69 Å². The van der Waals surface area contributed by atoms with E-state index < -0.39 is 0 Å². The minimum atomic E-state index is -0.143. The summed E-state index contributed by atoms with van der Waals surface area (Å²) in [5.74, 6) is 0.647. The van der Waals surface area contributed by atoms with Gasteiger partial charge in [0.1, 0.15) is 5.75 Å². The van der Waals surface area contributed by atoms with Gasteiger partial charge in [-0.1, -0.05) is 0 Å². The Balaban J connectivity index is 2.02. The molecular formula is C16H17NO2S. The number of benzene rings is 2. The summed E-state index contributed by atoms with van der Waals surface area (Å²) >= 11 is 4.19. The molecule has 104 valence electrons. The predicted molar refractivity (Wildman–Crippen MR) is 83.9 cm³/mol. The normalized spacial score (nSPS) is 10.4. The quantitative estimate of drug-likeness (QED) is 0.834. The number of rotatable bonds is 4. The number of carbonyl (C=O) groups excluding carboxylic acids is 1. The fraction of sp³-hybridized carbons (Fsp3) is 0.188. The van der Waals surface area contributed by atoms with Gasteiger partial charge in [0.25, 0.3) is 5.91 Å². The highest BCUT2D eigenvalue weighted by Crippen LogP contribution is 2.18. The maximum absolute atomic E-state index is 12.0. The SMILES string of the molecule is CC(C)Oc1ccc(NC(=O)c2ccc(S)cc2)cc1. The third-order valence-electron chi connectivity index (χ3n) is 2.61. The topological polar surface area (TPSA) is 38.3 Å². The summed E-state index contributed by atoms with van der Waals surface area (Å²) < 4.78 is 5.55. The largest absolute Gasteiger partial charge is 0.491 e. The second-order valence-corrected chi connectivity index (χ2v) is 5.21. The van der Waals surface area contributed by atoms with E-state index in [4.69, 9.17) is 4.74 Å². The summed E-state index contributed by atoms with van der Waals surface area (Å²) in [5.41, 5.74) is 1.34. The van der Waals surface area contributed by atoms with Crippen molar-refractivity contribution in [2.75, 3.05) is 5.32 Å².